The number of amides is 2. The van der Waals surface area contributed by atoms with Crippen molar-refractivity contribution < 1.29 is 23.9 Å². The van der Waals surface area contributed by atoms with Crippen molar-refractivity contribution in [3.63, 3.8) is 0 Å². The molecule has 2 atom stereocenters. The van der Waals surface area contributed by atoms with Crippen molar-refractivity contribution in [1.82, 2.24) is 5.32 Å². The molecule has 2 aromatic rings. The number of allylic oxidation sites excluding steroid dienone is 1. The van der Waals surface area contributed by atoms with E-state index in [-0.39, 0.29) is 37.2 Å². The molecule has 0 bridgehead atoms. The number of nitrogens with one attached hydrogen (secondary N) is 2. The van der Waals surface area contributed by atoms with Crippen molar-refractivity contribution in [1.29, 1.82) is 5.26 Å². The number of nitriles is 1. The number of esters is 1. The van der Waals surface area contributed by atoms with E-state index in [1.54, 1.807) is 13.0 Å². The van der Waals surface area contributed by atoms with Crippen molar-refractivity contribution in [3.05, 3.63) is 66.6 Å². The Kier molecular flexibility index (Phi) is 9.99. The van der Waals surface area contributed by atoms with Crippen LogP contribution in [0.4, 0.5) is 5.69 Å². The highest BCUT2D eigenvalue weighted by atomic mass is 35.5. The highest BCUT2D eigenvalue weighted by Crippen LogP contribution is 2.44. The number of carbonyl (C=O) groups is 3. The van der Waals surface area contributed by atoms with Crippen molar-refractivity contribution in [2.24, 2.45) is 5.92 Å². The molecule has 194 valence electrons. The second-order valence-corrected chi connectivity index (χ2v) is 10.1. The number of halogens is 4. The molecule has 1 aliphatic heterocycles. The third kappa shape index (κ3) is 6.64. The number of ether oxygens (including phenoxy) is 2. The maximum Gasteiger partial charge on any atom is 0.319 e. The van der Waals surface area contributed by atoms with Gasteiger partial charge in [-0.3, -0.25) is 14.4 Å². The highest BCUT2D eigenvalue weighted by molar-refractivity contribution is 8.03. The van der Waals surface area contributed by atoms with E-state index in [0.717, 1.165) is 18.9 Å². The van der Waals surface area contributed by atoms with Crippen LogP contribution in [0.25, 0.3) is 0 Å². The molecule has 3 rings (SSSR count). The first-order valence-corrected chi connectivity index (χ1v) is 13.1. The maximum absolute atomic E-state index is 13.0. The van der Waals surface area contributed by atoms with Gasteiger partial charge in [0.25, 0.3) is 0 Å². The highest BCUT2D eigenvalue weighted by Gasteiger charge is 2.44. The van der Waals surface area contributed by atoms with Gasteiger partial charge >= 0.3 is 5.97 Å². The molecule has 0 spiro atoms. The number of nitrogens with zero attached hydrogens (tertiary/aromatic N) is 1. The lowest BCUT2D eigenvalue weighted by molar-refractivity contribution is -0.150. The molecule has 0 aliphatic carbocycles. The second kappa shape index (κ2) is 12.8. The Hall–Kier alpha value is -2.61. The molecule has 0 unspecified atom stereocenters. The van der Waals surface area contributed by atoms with Gasteiger partial charge in [0.15, 0.2) is 5.75 Å². The van der Waals surface area contributed by atoms with Gasteiger partial charge in [-0.25, -0.2) is 0 Å². The summed E-state index contributed by atoms with van der Waals surface area (Å²) < 4.78 is 10.3. The van der Waals surface area contributed by atoms with E-state index in [1.807, 2.05) is 0 Å². The zero-order valence-corrected chi connectivity index (χ0v) is 23.2. The molecule has 1 aliphatic rings. The quantitative estimate of drug-likeness (QED) is 0.289. The van der Waals surface area contributed by atoms with Crippen molar-refractivity contribution in [2.75, 3.05) is 24.8 Å². The first-order valence-electron chi connectivity index (χ1n) is 10.6. The first kappa shape index (κ1) is 29.0. The number of anilines is 1. The lowest BCUT2D eigenvalue weighted by Gasteiger charge is -2.31. The standard InChI is InChI=1S/C24H19Cl4N3O5S/c1-3-36-21-16(27)6-11(7-17(21)28)19-13(9-29)23(31-22(33)20(19)24(34)35-2)37-10-18(32)30-12-4-5-14(25)15(26)8-12/h4-8,19-20H,3,10H2,1-2H3,(H,30,32)(H,31,33)/t19-,20+/m1/s1. The van der Waals surface area contributed by atoms with Crippen LogP contribution >= 0.6 is 58.2 Å². The summed E-state index contributed by atoms with van der Waals surface area (Å²) >= 11 is 25.5. The maximum atomic E-state index is 13.0. The predicted molar refractivity (Wildman–Crippen MR) is 144 cm³/mol. The average Bonchev–Trinajstić information content (AvgIpc) is 2.86. The van der Waals surface area contributed by atoms with Crippen LogP contribution in [-0.4, -0.2) is 37.3 Å². The van der Waals surface area contributed by atoms with E-state index in [0.29, 0.717) is 22.9 Å². The summed E-state index contributed by atoms with van der Waals surface area (Å²) in [7, 11) is 1.14. The molecule has 8 nitrogen and oxygen atoms in total. The van der Waals surface area contributed by atoms with Crippen LogP contribution in [0.1, 0.15) is 18.4 Å². The Bertz CT molecular complexity index is 1300. The third-order valence-electron chi connectivity index (χ3n) is 5.20. The summed E-state index contributed by atoms with van der Waals surface area (Å²) in [6, 6.07) is 9.62. The smallest absolute Gasteiger partial charge is 0.319 e. The third-order valence-corrected chi connectivity index (χ3v) is 7.52. The fraction of sp³-hybridized carbons (Fsp3) is 0.250. The summed E-state index contributed by atoms with van der Waals surface area (Å²) in [5, 5.41) is 16.3. The fourth-order valence-corrected chi connectivity index (χ4v) is 5.39. The molecular weight excluding hydrogens is 584 g/mol. The summed E-state index contributed by atoms with van der Waals surface area (Å²) in [6.45, 7) is 2.07. The topological polar surface area (TPSA) is 118 Å². The number of methoxy groups -OCH3 is 1. The average molecular weight is 603 g/mol. The van der Waals surface area contributed by atoms with E-state index in [4.69, 9.17) is 55.9 Å². The summed E-state index contributed by atoms with van der Waals surface area (Å²) in [5.41, 5.74) is 0.793. The molecule has 13 heteroatoms. The van der Waals surface area contributed by atoms with Crippen LogP contribution in [0, 0.1) is 17.2 Å². The van der Waals surface area contributed by atoms with E-state index in [9.17, 15) is 19.6 Å². The lowest BCUT2D eigenvalue weighted by atomic mass is 9.78. The fourth-order valence-electron chi connectivity index (χ4n) is 3.63. The number of rotatable bonds is 8. The van der Waals surface area contributed by atoms with Gasteiger partial charge in [0.05, 0.1) is 56.2 Å². The van der Waals surface area contributed by atoms with Crippen LogP contribution in [0.2, 0.25) is 20.1 Å². The van der Waals surface area contributed by atoms with E-state index >= 15 is 0 Å². The molecule has 1 heterocycles. The molecule has 0 fully saturated rings. The van der Waals surface area contributed by atoms with Gasteiger partial charge in [-0.1, -0.05) is 58.2 Å². The van der Waals surface area contributed by atoms with E-state index in [2.05, 4.69) is 16.7 Å². The summed E-state index contributed by atoms with van der Waals surface area (Å²) in [4.78, 5) is 38.1. The molecular formula is C24H19Cl4N3O5S. The predicted octanol–water partition coefficient (Wildman–Crippen LogP) is 5.81. The number of hydrogen-bond acceptors (Lipinski definition) is 7. The number of carbonyl (C=O) groups excluding carboxylic acids is 3. The van der Waals surface area contributed by atoms with Gasteiger partial charge in [-0.2, -0.15) is 5.26 Å². The monoisotopic (exact) mass is 601 g/mol. The summed E-state index contributed by atoms with van der Waals surface area (Å²) in [5.74, 6) is -4.37. The van der Waals surface area contributed by atoms with Crippen molar-refractivity contribution in [3.8, 4) is 11.8 Å². The number of hydrogen-bond donors (Lipinski definition) is 2. The van der Waals surface area contributed by atoms with Gasteiger partial charge in [0.2, 0.25) is 11.8 Å². The van der Waals surface area contributed by atoms with Gasteiger partial charge in [-0.05, 0) is 42.8 Å². The molecule has 0 radical (unpaired) electrons. The molecule has 0 aromatic heterocycles. The van der Waals surface area contributed by atoms with Crippen LogP contribution in [0.15, 0.2) is 40.9 Å². The van der Waals surface area contributed by atoms with Crippen LogP contribution in [-0.2, 0) is 19.1 Å². The van der Waals surface area contributed by atoms with Gasteiger partial charge < -0.3 is 20.1 Å². The van der Waals surface area contributed by atoms with E-state index < -0.39 is 29.6 Å². The normalized spacial score (nSPS) is 17.1. The van der Waals surface area contributed by atoms with E-state index in [1.165, 1.54) is 24.3 Å². The Morgan fingerprint density at radius 2 is 1.78 bits per heavy atom. The summed E-state index contributed by atoms with van der Waals surface area (Å²) in [6.07, 6.45) is 0. The zero-order chi connectivity index (χ0) is 27.3. The lowest BCUT2D eigenvalue weighted by Crippen LogP contribution is -2.44. The Morgan fingerprint density at radius 3 is 2.35 bits per heavy atom. The minimum absolute atomic E-state index is 0.0404. The molecule has 2 aromatic carbocycles. The van der Waals surface area contributed by atoms with Gasteiger partial charge in [-0.15, -0.1) is 0 Å². The van der Waals surface area contributed by atoms with Gasteiger partial charge in [0.1, 0.15) is 5.92 Å². The van der Waals surface area contributed by atoms with Crippen molar-refractivity contribution >= 4 is 81.6 Å². The minimum Gasteiger partial charge on any atom is -0.491 e. The molecule has 2 amide bonds. The van der Waals surface area contributed by atoms with Gasteiger partial charge in [0, 0.05) is 11.6 Å². The first-order chi connectivity index (χ1) is 17.6. The SMILES string of the molecule is CCOc1c(Cl)cc([C@@H]2C(C#N)=C(SCC(=O)Nc3ccc(Cl)c(Cl)c3)NC(=O)[C@H]2C(=O)OC)cc1Cl. The van der Waals surface area contributed by atoms with Crippen LogP contribution < -0.4 is 15.4 Å². The Morgan fingerprint density at radius 1 is 1.11 bits per heavy atom. The number of benzene rings is 2. The molecule has 2 N–H and O–H groups in total. The Balaban J connectivity index is 1.96. The Labute approximate surface area is 237 Å². The minimum atomic E-state index is -1.39. The number of thioether (sulfide) groups is 1. The molecule has 37 heavy (non-hydrogen) atoms. The zero-order valence-electron chi connectivity index (χ0n) is 19.4. The largest absolute Gasteiger partial charge is 0.491 e. The molecule has 0 saturated heterocycles. The molecule has 0 saturated carbocycles. The second-order valence-electron chi connectivity index (χ2n) is 7.53. The van der Waals surface area contributed by atoms with Crippen LogP contribution in [0.5, 0.6) is 5.75 Å². The van der Waals surface area contributed by atoms with Crippen molar-refractivity contribution in [2.45, 2.75) is 12.8 Å². The van der Waals surface area contributed by atoms with Crippen LogP contribution in [0.3, 0.4) is 0 Å².